The average Bonchev–Trinajstić information content (AvgIpc) is 2.88. The van der Waals surface area contributed by atoms with Crippen LogP contribution < -0.4 is 15.4 Å². The number of hydrogen-bond donors (Lipinski definition) is 2. The van der Waals surface area contributed by atoms with Gasteiger partial charge in [-0.3, -0.25) is 14.6 Å². The molecular formula is C28H31F6N3O5S. The molecule has 0 unspecified atom stereocenters. The summed E-state index contributed by atoms with van der Waals surface area (Å²) in [5.41, 5.74) is -2.79. The third kappa shape index (κ3) is 8.94. The van der Waals surface area contributed by atoms with Crippen LogP contribution in [0.25, 0.3) is 5.57 Å². The van der Waals surface area contributed by atoms with Gasteiger partial charge in [-0.1, -0.05) is 32.0 Å². The van der Waals surface area contributed by atoms with Gasteiger partial charge in [0.15, 0.2) is 15.4 Å². The molecule has 2 N–H and O–H groups in total. The van der Waals surface area contributed by atoms with Crippen molar-refractivity contribution in [2.75, 3.05) is 25.2 Å². The molecule has 1 atom stereocenters. The zero-order valence-corrected chi connectivity index (χ0v) is 24.3. The Labute approximate surface area is 244 Å². The molecule has 3 rings (SSSR count). The Hall–Kier alpha value is -3.62. The Morgan fingerprint density at radius 1 is 1.09 bits per heavy atom. The molecule has 1 aliphatic rings. The molecule has 1 aliphatic heterocycles. The van der Waals surface area contributed by atoms with Crippen LogP contribution in [0.3, 0.4) is 0 Å². The van der Waals surface area contributed by atoms with Gasteiger partial charge >= 0.3 is 12.4 Å². The van der Waals surface area contributed by atoms with E-state index in [-0.39, 0.29) is 47.1 Å². The number of pyridine rings is 1. The minimum Gasteiger partial charge on any atom is -0.494 e. The van der Waals surface area contributed by atoms with E-state index in [0.717, 1.165) is 24.0 Å². The number of rotatable bonds is 11. The largest absolute Gasteiger partial charge is 0.494 e. The Balaban J connectivity index is 2.00. The maximum atomic E-state index is 14.9. The van der Waals surface area contributed by atoms with Crippen LogP contribution in [-0.2, 0) is 25.0 Å². The molecule has 0 aliphatic carbocycles. The van der Waals surface area contributed by atoms with Gasteiger partial charge in [-0.15, -0.1) is 0 Å². The number of carbonyl (C=O) groups is 2. The molecule has 1 aromatic heterocycles. The quantitative estimate of drug-likeness (QED) is 0.271. The van der Waals surface area contributed by atoms with Gasteiger partial charge in [0.05, 0.1) is 12.3 Å². The molecule has 0 saturated carbocycles. The number of aromatic nitrogens is 1. The maximum Gasteiger partial charge on any atom is 0.416 e. The van der Waals surface area contributed by atoms with E-state index in [2.05, 4.69) is 10.3 Å². The molecule has 0 fully saturated rings. The Bertz CT molecular complexity index is 1450. The molecular weight excluding hydrogens is 604 g/mol. The van der Waals surface area contributed by atoms with Crippen molar-refractivity contribution in [3.8, 4) is 5.75 Å². The second kappa shape index (κ2) is 12.9. The minimum atomic E-state index is -5.04. The molecule has 0 radical (unpaired) electrons. The Kier molecular flexibility index (Phi) is 10.2. The Morgan fingerprint density at radius 3 is 2.26 bits per heavy atom. The van der Waals surface area contributed by atoms with Gasteiger partial charge in [0.1, 0.15) is 11.5 Å². The lowest BCUT2D eigenvalue weighted by Crippen LogP contribution is -2.59. The molecule has 236 valence electrons. The van der Waals surface area contributed by atoms with Crippen LogP contribution in [0.5, 0.6) is 5.75 Å². The van der Waals surface area contributed by atoms with Gasteiger partial charge in [-0.25, -0.2) is 8.42 Å². The number of amides is 2. The molecule has 15 heteroatoms. The molecule has 2 heterocycles. The smallest absolute Gasteiger partial charge is 0.416 e. The lowest BCUT2D eigenvalue weighted by Gasteiger charge is -2.41. The summed E-state index contributed by atoms with van der Waals surface area (Å²) in [5, 5.41) is 4.32. The zero-order valence-electron chi connectivity index (χ0n) is 23.5. The van der Waals surface area contributed by atoms with Crippen LogP contribution in [0.4, 0.5) is 26.3 Å². The zero-order chi connectivity index (χ0) is 32.2. The van der Waals surface area contributed by atoms with Crippen LogP contribution in [-0.4, -0.2) is 62.7 Å². The molecule has 0 spiro atoms. The van der Waals surface area contributed by atoms with Crippen molar-refractivity contribution in [1.29, 1.82) is 0 Å². The number of alkyl halides is 6. The lowest BCUT2D eigenvalue weighted by atomic mass is 9.77. The van der Waals surface area contributed by atoms with Gasteiger partial charge < -0.3 is 15.4 Å². The molecule has 43 heavy (non-hydrogen) atoms. The van der Waals surface area contributed by atoms with Crippen LogP contribution >= 0.6 is 0 Å². The third-order valence-corrected chi connectivity index (χ3v) is 7.52. The SMILES string of the molecule is CC(C)c1ccc(C2=C(CNC(=O)CS(C)(=O)=O)C(=O)N[C@@](c3ccc(OCCCC(F)(F)F)cc3)(C(F)(F)F)C2)nc1. The summed E-state index contributed by atoms with van der Waals surface area (Å²) < 4.78 is 110. The number of nitrogens with zero attached hydrogens (tertiary/aromatic N) is 1. The van der Waals surface area contributed by atoms with Gasteiger partial charge in [0, 0.05) is 37.4 Å². The predicted octanol–water partition coefficient (Wildman–Crippen LogP) is 4.82. The summed E-state index contributed by atoms with van der Waals surface area (Å²) in [7, 11) is -3.71. The van der Waals surface area contributed by atoms with E-state index in [1.807, 2.05) is 19.2 Å². The second-order valence-electron chi connectivity index (χ2n) is 10.6. The Morgan fingerprint density at radius 2 is 1.74 bits per heavy atom. The summed E-state index contributed by atoms with van der Waals surface area (Å²) in [6.45, 7) is 2.93. The minimum absolute atomic E-state index is 0.0429. The summed E-state index contributed by atoms with van der Waals surface area (Å²) >= 11 is 0. The molecule has 2 amide bonds. The fourth-order valence-electron chi connectivity index (χ4n) is 4.46. The van der Waals surface area contributed by atoms with Gasteiger partial charge in [0.2, 0.25) is 11.8 Å². The van der Waals surface area contributed by atoms with E-state index in [1.54, 1.807) is 6.07 Å². The van der Waals surface area contributed by atoms with Crippen LogP contribution in [0.2, 0.25) is 0 Å². The van der Waals surface area contributed by atoms with Crippen molar-refractivity contribution in [2.24, 2.45) is 0 Å². The van der Waals surface area contributed by atoms with E-state index in [0.29, 0.717) is 0 Å². The van der Waals surface area contributed by atoms with Crippen molar-refractivity contribution >= 4 is 27.2 Å². The van der Waals surface area contributed by atoms with Crippen molar-refractivity contribution in [2.45, 2.75) is 56.9 Å². The number of carbonyl (C=O) groups excluding carboxylic acids is 2. The van der Waals surface area contributed by atoms with Crippen LogP contribution in [0, 0.1) is 0 Å². The molecule has 0 saturated heterocycles. The normalized spacial score (nSPS) is 18.0. The highest BCUT2D eigenvalue weighted by molar-refractivity contribution is 7.91. The number of nitrogens with one attached hydrogen (secondary N) is 2. The number of ether oxygens (including phenoxy) is 1. The fourth-order valence-corrected chi connectivity index (χ4v) is 5.04. The van der Waals surface area contributed by atoms with Crippen LogP contribution in [0.15, 0.2) is 48.2 Å². The monoisotopic (exact) mass is 635 g/mol. The van der Waals surface area contributed by atoms with Crippen molar-refractivity contribution in [1.82, 2.24) is 15.6 Å². The van der Waals surface area contributed by atoms with E-state index in [9.17, 15) is 44.3 Å². The first-order chi connectivity index (χ1) is 19.8. The van der Waals surface area contributed by atoms with Crippen LogP contribution in [0.1, 0.15) is 55.8 Å². The summed E-state index contributed by atoms with van der Waals surface area (Å²) in [4.78, 5) is 29.8. The van der Waals surface area contributed by atoms with Gasteiger partial charge in [-0.2, -0.15) is 26.3 Å². The number of benzene rings is 1. The van der Waals surface area contributed by atoms with E-state index >= 15 is 0 Å². The third-order valence-electron chi connectivity index (χ3n) is 6.73. The lowest BCUT2D eigenvalue weighted by molar-refractivity contribution is -0.201. The summed E-state index contributed by atoms with van der Waals surface area (Å²) in [5.74, 6) is -2.87. The summed E-state index contributed by atoms with van der Waals surface area (Å²) in [6, 6.07) is 7.61. The number of hydrogen-bond acceptors (Lipinski definition) is 6. The topological polar surface area (TPSA) is 114 Å². The average molecular weight is 636 g/mol. The highest BCUT2D eigenvalue weighted by atomic mass is 32.2. The van der Waals surface area contributed by atoms with E-state index < -0.39 is 64.7 Å². The standard InChI is InChI=1S/C28H31F6N3O5S/c1-17(2)18-5-10-23(35-14-18)21-13-26(28(32,33)34,37-25(39)22(21)15-36-24(38)16-43(3,40)41)19-6-8-20(9-7-19)42-12-4-11-27(29,30)31/h5-10,14,17H,4,11-13,15-16H2,1-3H3,(H,36,38)(H,37,39)/t26-/m0/s1. The van der Waals surface area contributed by atoms with Crippen molar-refractivity contribution < 1.29 is 49.1 Å². The first-order valence-corrected chi connectivity index (χ1v) is 15.2. The molecule has 2 aromatic rings. The molecule has 8 nitrogen and oxygen atoms in total. The number of halogens is 6. The molecule has 0 bridgehead atoms. The highest BCUT2D eigenvalue weighted by Crippen LogP contribution is 2.48. The van der Waals surface area contributed by atoms with E-state index in [1.165, 1.54) is 24.4 Å². The first kappa shape index (κ1) is 33.9. The highest BCUT2D eigenvalue weighted by Gasteiger charge is 2.59. The summed E-state index contributed by atoms with van der Waals surface area (Å²) in [6.07, 6.45) is -9.33. The van der Waals surface area contributed by atoms with E-state index in [4.69, 9.17) is 4.74 Å². The van der Waals surface area contributed by atoms with Crippen molar-refractivity contribution in [3.63, 3.8) is 0 Å². The second-order valence-corrected chi connectivity index (χ2v) is 12.7. The fraction of sp³-hybridized carbons (Fsp3) is 0.464. The maximum absolute atomic E-state index is 14.9. The predicted molar refractivity (Wildman–Crippen MR) is 146 cm³/mol. The van der Waals surface area contributed by atoms with Gasteiger partial charge in [-0.05, 0) is 47.2 Å². The van der Waals surface area contributed by atoms with Crippen molar-refractivity contribution in [3.05, 3.63) is 65.0 Å². The van der Waals surface area contributed by atoms with Gasteiger partial charge in [0.25, 0.3) is 0 Å². The first-order valence-electron chi connectivity index (χ1n) is 13.1. The molecule has 1 aromatic carbocycles. The number of sulfone groups is 1.